The third-order valence-electron chi connectivity index (χ3n) is 3.29. The molecule has 0 amide bonds. The monoisotopic (exact) mass is 240 g/mol. The number of rotatable bonds is 3. The minimum absolute atomic E-state index is 0.525. The lowest BCUT2D eigenvalue weighted by Gasteiger charge is -2.18. The van der Waals surface area contributed by atoms with Crippen LogP contribution in [-0.4, -0.2) is 9.97 Å². The molecular weight excluding hydrogens is 224 g/mol. The molecule has 2 heterocycles. The number of hydrogen-bond donors (Lipinski definition) is 0. The zero-order valence-corrected chi connectivity index (χ0v) is 10.3. The van der Waals surface area contributed by atoms with Gasteiger partial charge in [0, 0.05) is 23.7 Å². The molecule has 18 heavy (non-hydrogen) atoms. The van der Waals surface area contributed by atoms with Gasteiger partial charge in [0.15, 0.2) is 0 Å². The summed E-state index contributed by atoms with van der Waals surface area (Å²) in [6, 6.07) is 7.84. The van der Waals surface area contributed by atoms with Gasteiger partial charge in [0.1, 0.15) is 12.4 Å². The Morgan fingerprint density at radius 1 is 1.00 bits per heavy atom. The number of aryl methyl sites for hydroxylation is 1. The van der Waals surface area contributed by atoms with E-state index in [0.717, 1.165) is 24.3 Å². The minimum Gasteiger partial charge on any atom is -0.487 e. The van der Waals surface area contributed by atoms with Crippen LogP contribution in [0.5, 0.6) is 5.75 Å². The first-order chi connectivity index (χ1) is 8.93. The molecule has 0 spiro atoms. The number of hydrogen-bond acceptors (Lipinski definition) is 3. The van der Waals surface area contributed by atoms with Gasteiger partial charge in [0.2, 0.25) is 0 Å². The molecule has 3 rings (SSSR count). The van der Waals surface area contributed by atoms with Crippen LogP contribution in [0.4, 0.5) is 0 Å². The van der Waals surface area contributed by atoms with Crippen molar-refractivity contribution >= 4 is 0 Å². The zero-order valence-electron chi connectivity index (χ0n) is 10.3. The molecule has 3 nitrogen and oxygen atoms in total. The van der Waals surface area contributed by atoms with Crippen LogP contribution in [0.1, 0.15) is 29.8 Å². The molecule has 0 bridgehead atoms. The van der Waals surface area contributed by atoms with Crippen molar-refractivity contribution in [1.82, 2.24) is 9.97 Å². The summed E-state index contributed by atoms with van der Waals surface area (Å²) in [4.78, 5) is 8.70. The van der Waals surface area contributed by atoms with Gasteiger partial charge < -0.3 is 4.74 Å². The van der Waals surface area contributed by atoms with Crippen molar-refractivity contribution in [3.63, 3.8) is 0 Å². The lowest BCUT2D eigenvalue weighted by molar-refractivity contribution is 0.296. The van der Waals surface area contributed by atoms with E-state index in [9.17, 15) is 0 Å². The summed E-state index contributed by atoms with van der Waals surface area (Å²) in [5.74, 6) is 0.977. The van der Waals surface area contributed by atoms with E-state index in [-0.39, 0.29) is 0 Å². The van der Waals surface area contributed by atoms with Crippen LogP contribution in [0.3, 0.4) is 0 Å². The molecule has 2 aromatic heterocycles. The third kappa shape index (κ3) is 2.35. The van der Waals surface area contributed by atoms with E-state index >= 15 is 0 Å². The van der Waals surface area contributed by atoms with Gasteiger partial charge in [-0.3, -0.25) is 9.97 Å². The van der Waals surface area contributed by atoms with E-state index in [1.165, 1.54) is 24.1 Å². The van der Waals surface area contributed by atoms with E-state index in [1.54, 1.807) is 6.20 Å². The largest absolute Gasteiger partial charge is 0.487 e. The minimum atomic E-state index is 0.525. The first-order valence-electron chi connectivity index (χ1n) is 6.43. The second-order valence-electron chi connectivity index (χ2n) is 4.55. The summed E-state index contributed by atoms with van der Waals surface area (Å²) < 4.78 is 5.89. The number of fused-ring (bicyclic) bond motifs is 1. The van der Waals surface area contributed by atoms with Gasteiger partial charge in [0.05, 0.1) is 5.69 Å². The summed E-state index contributed by atoms with van der Waals surface area (Å²) in [7, 11) is 0. The number of ether oxygens (including phenoxy) is 1. The van der Waals surface area contributed by atoms with E-state index in [1.807, 2.05) is 30.5 Å². The van der Waals surface area contributed by atoms with Crippen molar-refractivity contribution in [2.24, 2.45) is 0 Å². The fourth-order valence-electron chi connectivity index (χ4n) is 2.36. The summed E-state index contributed by atoms with van der Waals surface area (Å²) in [6.45, 7) is 0.525. The molecule has 1 aliphatic carbocycles. The maximum absolute atomic E-state index is 5.89. The Morgan fingerprint density at radius 2 is 1.94 bits per heavy atom. The molecule has 1 aliphatic rings. The molecule has 0 fully saturated rings. The van der Waals surface area contributed by atoms with Crippen molar-refractivity contribution in [3.8, 4) is 5.75 Å². The standard InChI is InChI=1S/C15H16N2O/c1-2-7-14-13(6-1)15(8-10-17-14)18-11-12-5-3-4-9-16-12/h3-5,8-10H,1-2,6-7,11H2. The first kappa shape index (κ1) is 11.2. The molecule has 2 aromatic rings. The lowest BCUT2D eigenvalue weighted by atomic mass is 9.95. The fraction of sp³-hybridized carbons (Fsp3) is 0.333. The predicted octanol–water partition coefficient (Wildman–Crippen LogP) is 2.93. The van der Waals surface area contributed by atoms with Crippen LogP contribution >= 0.6 is 0 Å². The van der Waals surface area contributed by atoms with Crippen LogP contribution in [0.15, 0.2) is 36.7 Å². The van der Waals surface area contributed by atoms with Gasteiger partial charge in [-0.15, -0.1) is 0 Å². The summed E-state index contributed by atoms with van der Waals surface area (Å²) in [6.07, 6.45) is 8.28. The highest BCUT2D eigenvalue weighted by Crippen LogP contribution is 2.28. The maximum Gasteiger partial charge on any atom is 0.130 e. The molecule has 92 valence electrons. The normalized spacial score (nSPS) is 14.0. The average Bonchev–Trinajstić information content (AvgIpc) is 2.46. The van der Waals surface area contributed by atoms with Crippen molar-refractivity contribution in [1.29, 1.82) is 0 Å². The molecule has 0 aromatic carbocycles. The van der Waals surface area contributed by atoms with E-state index in [4.69, 9.17) is 4.74 Å². The molecule has 0 saturated heterocycles. The highest BCUT2D eigenvalue weighted by Gasteiger charge is 2.15. The zero-order chi connectivity index (χ0) is 12.2. The smallest absolute Gasteiger partial charge is 0.130 e. The molecule has 0 atom stereocenters. The molecule has 0 N–H and O–H groups in total. The Bertz CT molecular complexity index is 525. The van der Waals surface area contributed by atoms with Crippen LogP contribution < -0.4 is 4.74 Å². The molecular formula is C15H16N2O. The van der Waals surface area contributed by atoms with Crippen molar-refractivity contribution in [3.05, 3.63) is 53.6 Å². The van der Waals surface area contributed by atoms with Gasteiger partial charge in [-0.1, -0.05) is 6.07 Å². The maximum atomic E-state index is 5.89. The summed E-state index contributed by atoms with van der Waals surface area (Å²) >= 11 is 0. The molecule has 0 radical (unpaired) electrons. The molecule has 0 unspecified atom stereocenters. The SMILES string of the molecule is c1ccc(COc2ccnc3c2CCCC3)nc1. The lowest BCUT2D eigenvalue weighted by Crippen LogP contribution is -2.08. The van der Waals surface area contributed by atoms with Gasteiger partial charge in [-0.2, -0.15) is 0 Å². The first-order valence-corrected chi connectivity index (χ1v) is 6.43. The Balaban J connectivity index is 1.77. The fourth-order valence-corrected chi connectivity index (χ4v) is 2.36. The van der Waals surface area contributed by atoms with E-state index in [0.29, 0.717) is 6.61 Å². The Morgan fingerprint density at radius 3 is 2.83 bits per heavy atom. The molecule has 0 saturated carbocycles. The molecule has 0 aliphatic heterocycles. The van der Waals surface area contributed by atoms with Crippen molar-refractivity contribution < 1.29 is 4.74 Å². The predicted molar refractivity (Wildman–Crippen MR) is 69.4 cm³/mol. The van der Waals surface area contributed by atoms with Crippen LogP contribution in [0.25, 0.3) is 0 Å². The van der Waals surface area contributed by atoms with E-state index in [2.05, 4.69) is 9.97 Å². The molecule has 3 heteroatoms. The second-order valence-corrected chi connectivity index (χ2v) is 4.55. The average molecular weight is 240 g/mol. The highest BCUT2D eigenvalue weighted by molar-refractivity contribution is 5.37. The van der Waals surface area contributed by atoms with Gasteiger partial charge in [0.25, 0.3) is 0 Å². The number of pyridine rings is 2. The topological polar surface area (TPSA) is 35.0 Å². The Hall–Kier alpha value is -1.90. The number of nitrogens with zero attached hydrogens (tertiary/aromatic N) is 2. The summed E-state index contributed by atoms with van der Waals surface area (Å²) in [5, 5.41) is 0. The van der Waals surface area contributed by atoms with E-state index < -0.39 is 0 Å². The van der Waals surface area contributed by atoms with Crippen LogP contribution in [0.2, 0.25) is 0 Å². The van der Waals surface area contributed by atoms with Crippen molar-refractivity contribution in [2.45, 2.75) is 32.3 Å². The van der Waals surface area contributed by atoms with Gasteiger partial charge >= 0.3 is 0 Å². The summed E-state index contributed by atoms with van der Waals surface area (Å²) in [5.41, 5.74) is 3.46. The van der Waals surface area contributed by atoms with Gasteiger partial charge in [-0.25, -0.2) is 0 Å². The van der Waals surface area contributed by atoms with Gasteiger partial charge in [-0.05, 0) is 43.9 Å². The van der Waals surface area contributed by atoms with Crippen LogP contribution in [-0.2, 0) is 19.4 Å². The second kappa shape index (κ2) is 5.17. The number of aromatic nitrogens is 2. The highest BCUT2D eigenvalue weighted by atomic mass is 16.5. The third-order valence-corrected chi connectivity index (χ3v) is 3.29. The Labute approximate surface area is 107 Å². The quantitative estimate of drug-likeness (QED) is 0.827. The van der Waals surface area contributed by atoms with Crippen molar-refractivity contribution in [2.75, 3.05) is 0 Å². The Kier molecular flexibility index (Phi) is 3.22. The van der Waals surface area contributed by atoms with Crippen LogP contribution in [0, 0.1) is 0 Å².